The molecule has 0 atom stereocenters. The number of hydrogen-bond acceptors (Lipinski definition) is 5. The Hall–Kier alpha value is -1.29. The summed E-state index contributed by atoms with van der Waals surface area (Å²) in [6.07, 6.45) is 0. The molecule has 0 aromatic heterocycles. The molecule has 0 aliphatic heterocycles. The Bertz CT molecular complexity index is 534. The summed E-state index contributed by atoms with van der Waals surface area (Å²) < 4.78 is 22.0. The number of halogens is 1. The summed E-state index contributed by atoms with van der Waals surface area (Å²) in [5, 5.41) is 18.2. The van der Waals surface area contributed by atoms with E-state index in [0.29, 0.717) is 5.56 Å². The molecular formula is C8H7ClN2O3S. The molecule has 0 bridgehead atoms. The zero-order valence-electron chi connectivity index (χ0n) is 7.44. The lowest BCUT2D eigenvalue weighted by Crippen LogP contribution is -2.02. The smallest absolute Gasteiger partial charge is 0.265 e. The van der Waals surface area contributed by atoms with Gasteiger partial charge >= 0.3 is 0 Å². The lowest BCUT2D eigenvalue weighted by Gasteiger charge is -2.06. The first-order chi connectivity index (χ1) is 6.91. The number of benzene rings is 1. The average molecular weight is 247 g/mol. The Morgan fingerprint density at radius 1 is 1.53 bits per heavy atom. The number of hydrogen-bond donors (Lipinski definition) is 2. The largest absolute Gasteiger partial charge is 0.505 e. The minimum absolute atomic E-state index is 0.0269. The van der Waals surface area contributed by atoms with Gasteiger partial charge in [0, 0.05) is 17.2 Å². The molecule has 5 nitrogen and oxygen atoms in total. The van der Waals surface area contributed by atoms with Crippen LogP contribution in [0.25, 0.3) is 0 Å². The Morgan fingerprint density at radius 3 is 2.53 bits per heavy atom. The fourth-order valence-corrected chi connectivity index (χ4v) is 2.04. The van der Waals surface area contributed by atoms with E-state index in [1.165, 1.54) is 6.07 Å². The highest BCUT2D eigenvalue weighted by Gasteiger charge is 2.20. The van der Waals surface area contributed by atoms with E-state index in [2.05, 4.69) is 0 Å². The molecule has 0 amide bonds. The molecule has 80 valence electrons. The summed E-state index contributed by atoms with van der Waals surface area (Å²) in [6, 6.07) is 4.13. The first-order valence-electron chi connectivity index (χ1n) is 3.81. The number of nitrogens with zero attached hydrogens (tertiary/aromatic N) is 1. The van der Waals surface area contributed by atoms with E-state index in [0.717, 1.165) is 6.07 Å². The molecule has 0 radical (unpaired) electrons. The number of aromatic hydroxyl groups is 1. The lowest BCUT2D eigenvalue weighted by atomic mass is 10.1. The van der Waals surface area contributed by atoms with Crippen LogP contribution in [-0.4, -0.2) is 13.5 Å². The molecule has 0 saturated heterocycles. The predicted octanol–water partition coefficient (Wildman–Crippen LogP) is 0.650. The Morgan fingerprint density at radius 2 is 2.13 bits per heavy atom. The van der Waals surface area contributed by atoms with Crippen LogP contribution in [0.4, 0.5) is 0 Å². The van der Waals surface area contributed by atoms with Crippen LogP contribution in [0.5, 0.6) is 5.75 Å². The van der Waals surface area contributed by atoms with Crippen LogP contribution in [0, 0.1) is 11.3 Å². The SMILES string of the molecule is N#Cc1c(CN)ccc(S(=O)(=O)Cl)c1O. The van der Waals surface area contributed by atoms with Crippen LogP contribution in [0.1, 0.15) is 11.1 Å². The Labute approximate surface area is 91.1 Å². The summed E-state index contributed by atoms with van der Waals surface area (Å²) in [5.74, 6) is -0.657. The molecule has 15 heavy (non-hydrogen) atoms. The third-order valence-corrected chi connectivity index (χ3v) is 3.18. The minimum atomic E-state index is -4.06. The van der Waals surface area contributed by atoms with E-state index in [-0.39, 0.29) is 12.1 Å². The predicted molar refractivity (Wildman–Crippen MR) is 53.8 cm³/mol. The third kappa shape index (κ3) is 2.21. The van der Waals surface area contributed by atoms with Gasteiger partial charge in [-0.05, 0) is 11.6 Å². The number of nitriles is 1. The Balaban J connectivity index is 3.59. The molecule has 0 unspecified atom stereocenters. The summed E-state index contributed by atoms with van der Waals surface area (Å²) in [6.45, 7) is 0.0269. The summed E-state index contributed by atoms with van der Waals surface area (Å²) in [7, 11) is 0.999. The monoisotopic (exact) mass is 246 g/mol. The zero-order valence-corrected chi connectivity index (χ0v) is 9.01. The fourth-order valence-electron chi connectivity index (χ4n) is 1.11. The molecule has 1 rings (SSSR count). The van der Waals surface area contributed by atoms with Crippen LogP contribution in [0.3, 0.4) is 0 Å². The molecule has 0 saturated carbocycles. The van der Waals surface area contributed by atoms with Gasteiger partial charge in [-0.25, -0.2) is 8.42 Å². The van der Waals surface area contributed by atoms with Gasteiger partial charge in [-0.3, -0.25) is 0 Å². The summed E-state index contributed by atoms with van der Waals surface area (Å²) in [4.78, 5) is -0.488. The highest BCUT2D eigenvalue weighted by molar-refractivity contribution is 8.13. The van der Waals surface area contributed by atoms with Gasteiger partial charge in [-0.2, -0.15) is 5.26 Å². The normalized spacial score (nSPS) is 11.0. The second kappa shape index (κ2) is 4.06. The lowest BCUT2D eigenvalue weighted by molar-refractivity contribution is 0.457. The molecule has 0 aliphatic rings. The first-order valence-corrected chi connectivity index (χ1v) is 6.12. The van der Waals surface area contributed by atoms with E-state index in [4.69, 9.17) is 21.7 Å². The molecular weight excluding hydrogens is 240 g/mol. The molecule has 0 aliphatic carbocycles. The van der Waals surface area contributed by atoms with E-state index >= 15 is 0 Å². The fraction of sp³-hybridized carbons (Fsp3) is 0.125. The Kier molecular flexibility index (Phi) is 3.19. The van der Waals surface area contributed by atoms with Crippen molar-refractivity contribution in [2.45, 2.75) is 11.4 Å². The molecule has 3 N–H and O–H groups in total. The standard InChI is InChI=1S/C8H7ClN2O3S/c9-15(13,14)7-2-1-5(3-10)6(4-11)8(7)12/h1-2,12H,3,10H2. The van der Waals surface area contributed by atoms with Gasteiger partial charge in [-0.15, -0.1) is 0 Å². The van der Waals surface area contributed by atoms with Gasteiger partial charge in [0.25, 0.3) is 9.05 Å². The second-order valence-corrected chi connectivity index (χ2v) is 5.23. The molecule has 0 spiro atoms. The summed E-state index contributed by atoms with van der Waals surface area (Å²) >= 11 is 0. The van der Waals surface area contributed by atoms with Gasteiger partial charge in [0.2, 0.25) is 0 Å². The van der Waals surface area contributed by atoms with Crippen molar-refractivity contribution in [1.82, 2.24) is 0 Å². The molecule has 0 heterocycles. The number of nitrogens with two attached hydrogens (primary N) is 1. The van der Waals surface area contributed by atoms with Crippen molar-refractivity contribution in [1.29, 1.82) is 5.26 Å². The molecule has 7 heteroatoms. The van der Waals surface area contributed by atoms with E-state index in [1.54, 1.807) is 6.07 Å². The average Bonchev–Trinajstić information content (AvgIpc) is 2.15. The van der Waals surface area contributed by atoms with Gasteiger partial charge in [0.1, 0.15) is 11.0 Å². The molecule has 1 aromatic rings. The third-order valence-electron chi connectivity index (χ3n) is 1.82. The molecule has 0 fully saturated rings. The number of phenols is 1. The van der Waals surface area contributed by atoms with Crippen LogP contribution < -0.4 is 5.73 Å². The van der Waals surface area contributed by atoms with Gasteiger partial charge < -0.3 is 10.8 Å². The number of rotatable bonds is 2. The van der Waals surface area contributed by atoms with Crippen molar-refractivity contribution in [3.8, 4) is 11.8 Å². The maximum atomic E-state index is 11.0. The second-order valence-electron chi connectivity index (χ2n) is 2.70. The van der Waals surface area contributed by atoms with E-state index in [9.17, 15) is 13.5 Å². The van der Waals surface area contributed by atoms with E-state index in [1.807, 2.05) is 0 Å². The van der Waals surface area contributed by atoms with Gasteiger partial charge in [0.15, 0.2) is 5.75 Å². The maximum absolute atomic E-state index is 11.0. The van der Waals surface area contributed by atoms with Gasteiger partial charge in [-0.1, -0.05) is 6.07 Å². The van der Waals surface area contributed by atoms with Gasteiger partial charge in [0.05, 0.1) is 5.56 Å². The maximum Gasteiger partial charge on any atom is 0.265 e. The van der Waals surface area contributed by atoms with Crippen LogP contribution >= 0.6 is 10.7 Å². The van der Waals surface area contributed by atoms with Crippen LogP contribution in [0.15, 0.2) is 17.0 Å². The quantitative estimate of drug-likeness (QED) is 0.746. The topological polar surface area (TPSA) is 104 Å². The number of phenolic OH excluding ortho intramolecular Hbond substituents is 1. The van der Waals surface area contributed by atoms with E-state index < -0.39 is 19.7 Å². The van der Waals surface area contributed by atoms with Crippen LogP contribution in [0.2, 0.25) is 0 Å². The van der Waals surface area contributed by atoms with Crippen molar-refractivity contribution in [2.75, 3.05) is 0 Å². The van der Waals surface area contributed by atoms with Crippen molar-refractivity contribution in [3.05, 3.63) is 23.3 Å². The van der Waals surface area contributed by atoms with Crippen molar-refractivity contribution in [2.24, 2.45) is 5.73 Å². The highest BCUT2D eigenvalue weighted by atomic mass is 35.7. The van der Waals surface area contributed by atoms with Crippen molar-refractivity contribution < 1.29 is 13.5 Å². The minimum Gasteiger partial charge on any atom is -0.505 e. The molecule has 1 aromatic carbocycles. The van der Waals surface area contributed by atoms with Crippen molar-refractivity contribution in [3.63, 3.8) is 0 Å². The zero-order chi connectivity index (χ0) is 11.6. The first kappa shape index (κ1) is 11.8. The van der Waals surface area contributed by atoms with Crippen LogP contribution in [-0.2, 0) is 15.6 Å². The van der Waals surface area contributed by atoms with Crippen molar-refractivity contribution >= 4 is 19.7 Å². The summed E-state index contributed by atoms with van der Waals surface area (Å²) in [5.41, 5.74) is 5.50. The highest BCUT2D eigenvalue weighted by Crippen LogP contribution is 2.31.